The van der Waals surface area contributed by atoms with Crippen LogP contribution in [-0.4, -0.2) is 37.5 Å². The molecule has 1 rings (SSSR count). The number of nitrogens with one attached hydrogen (secondary N) is 3. The van der Waals surface area contributed by atoms with Crippen molar-refractivity contribution in [3.8, 4) is 0 Å². The van der Waals surface area contributed by atoms with Gasteiger partial charge in [-0.1, -0.05) is 43.7 Å². The molecule has 3 N–H and O–H groups in total. The number of aliphatic imine (C=N–C) groups is 1. The van der Waals surface area contributed by atoms with Gasteiger partial charge in [-0.3, -0.25) is 9.79 Å². The molecule has 1 amide bonds. The van der Waals surface area contributed by atoms with E-state index in [1.165, 1.54) is 11.1 Å². The molecule has 24 heavy (non-hydrogen) atoms. The highest BCUT2D eigenvalue weighted by molar-refractivity contribution is 5.86. The van der Waals surface area contributed by atoms with Gasteiger partial charge >= 0.3 is 0 Å². The van der Waals surface area contributed by atoms with E-state index < -0.39 is 0 Å². The molecule has 0 atom stereocenters. The zero-order valence-corrected chi connectivity index (χ0v) is 16.1. The zero-order valence-electron chi connectivity index (χ0n) is 16.1. The molecule has 0 saturated carbocycles. The molecule has 0 aromatic heterocycles. The number of nitrogens with zero attached hydrogens (tertiary/aromatic N) is 1. The van der Waals surface area contributed by atoms with Crippen LogP contribution < -0.4 is 16.0 Å². The highest BCUT2D eigenvalue weighted by atomic mass is 16.2. The third-order valence-electron chi connectivity index (χ3n) is 3.65. The standard InChI is InChI=1S/C19H32N4O/c1-14-9-8-10-15(11-14)19(5,6)13-22-17(20-7)21-12-16(24)23-18(2,3)4/h8-11H,12-13H2,1-7H3,(H,23,24)(H2,20,21,22). The molecule has 0 radical (unpaired) electrons. The van der Waals surface area contributed by atoms with Crippen LogP contribution in [0.4, 0.5) is 0 Å². The van der Waals surface area contributed by atoms with Crippen LogP contribution in [-0.2, 0) is 10.2 Å². The van der Waals surface area contributed by atoms with Crippen LogP contribution in [0.2, 0.25) is 0 Å². The van der Waals surface area contributed by atoms with Crippen LogP contribution in [0.3, 0.4) is 0 Å². The second-order valence-corrected chi connectivity index (χ2v) is 7.83. The molecule has 0 unspecified atom stereocenters. The van der Waals surface area contributed by atoms with Crippen molar-refractivity contribution in [1.29, 1.82) is 0 Å². The lowest BCUT2D eigenvalue weighted by atomic mass is 9.84. The highest BCUT2D eigenvalue weighted by Crippen LogP contribution is 2.22. The number of hydrogen-bond acceptors (Lipinski definition) is 2. The largest absolute Gasteiger partial charge is 0.356 e. The molecule has 0 aliphatic carbocycles. The van der Waals surface area contributed by atoms with Crippen LogP contribution in [0, 0.1) is 6.92 Å². The zero-order chi connectivity index (χ0) is 18.4. The molecular weight excluding hydrogens is 300 g/mol. The van der Waals surface area contributed by atoms with Crippen molar-refractivity contribution in [2.75, 3.05) is 20.1 Å². The number of carbonyl (C=O) groups excluding carboxylic acids is 1. The van der Waals surface area contributed by atoms with E-state index in [1.807, 2.05) is 20.8 Å². The highest BCUT2D eigenvalue weighted by Gasteiger charge is 2.21. The van der Waals surface area contributed by atoms with Crippen molar-refractivity contribution >= 4 is 11.9 Å². The summed E-state index contributed by atoms with van der Waals surface area (Å²) in [6, 6.07) is 8.52. The number of benzene rings is 1. The third-order valence-corrected chi connectivity index (χ3v) is 3.65. The molecule has 5 nitrogen and oxygen atoms in total. The minimum atomic E-state index is -0.233. The maximum atomic E-state index is 11.9. The predicted octanol–water partition coefficient (Wildman–Crippen LogP) is 2.35. The first kappa shape index (κ1) is 20.0. The van der Waals surface area contributed by atoms with Gasteiger partial charge in [0.05, 0.1) is 6.54 Å². The smallest absolute Gasteiger partial charge is 0.239 e. The van der Waals surface area contributed by atoms with Gasteiger partial charge in [0.25, 0.3) is 0 Å². The first-order chi connectivity index (χ1) is 11.0. The SMILES string of the molecule is CN=C(NCC(=O)NC(C)(C)C)NCC(C)(C)c1cccc(C)c1. The van der Waals surface area contributed by atoms with Crippen molar-refractivity contribution in [2.24, 2.45) is 4.99 Å². The summed E-state index contributed by atoms with van der Waals surface area (Å²) in [5.74, 6) is 0.572. The summed E-state index contributed by atoms with van der Waals surface area (Å²) in [6.45, 7) is 13.3. The Labute approximate surface area is 146 Å². The fourth-order valence-corrected chi connectivity index (χ4v) is 2.32. The van der Waals surface area contributed by atoms with Crippen LogP contribution in [0.1, 0.15) is 45.7 Å². The molecule has 0 spiro atoms. The van der Waals surface area contributed by atoms with E-state index in [1.54, 1.807) is 7.05 Å². The summed E-state index contributed by atoms with van der Waals surface area (Å²) >= 11 is 0. The number of rotatable bonds is 5. The Balaban J connectivity index is 2.56. The quantitative estimate of drug-likeness (QED) is 0.573. The Morgan fingerprint density at radius 3 is 2.33 bits per heavy atom. The summed E-state index contributed by atoms with van der Waals surface area (Å²) in [5.41, 5.74) is 2.25. The Morgan fingerprint density at radius 2 is 1.79 bits per heavy atom. The van der Waals surface area contributed by atoms with E-state index in [9.17, 15) is 4.79 Å². The molecule has 5 heteroatoms. The summed E-state index contributed by atoms with van der Waals surface area (Å²) in [7, 11) is 1.71. The normalized spacial score (nSPS) is 12.7. The topological polar surface area (TPSA) is 65.5 Å². The van der Waals surface area contributed by atoms with Crippen LogP contribution in [0.25, 0.3) is 0 Å². The lowest BCUT2D eigenvalue weighted by molar-refractivity contribution is -0.121. The molecule has 0 saturated heterocycles. The van der Waals surface area contributed by atoms with Crippen molar-refractivity contribution in [1.82, 2.24) is 16.0 Å². The summed E-state index contributed by atoms with van der Waals surface area (Å²) in [6.07, 6.45) is 0. The lowest BCUT2D eigenvalue weighted by Crippen LogP contribution is -2.49. The molecule has 1 aromatic carbocycles. The van der Waals surface area contributed by atoms with E-state index in [0.29, 0.717) is 5.96 Å². The fourth-order valence-electron chi connectivity index (χ4n) is 2.32. The van der Waals surface area contributed by atoms with Crippen molar-refractivity contribution in [3.63, 3.8) is 0 Å². The number of carbonyl (C=O) groups is 1. The minimum Gasteiger partial charge on any atom is -0.356 e. The Hall–Kier alpha value is -2.04. The second-order valence-electron chi connectivity index (χ2n) is 7.83. The van der Waals surface area contributed by atoms with Crippen LogP contribution in [0.5, 0.6) is 0 Å². The van der Waals surface area contributed by atoms with Crippen molar-refractivity contribution < 1.29 is 4.79 Å². The number of hydrogen-bond donors (Lipinski definition) is 3. The van der Waals surface area contributed by atoms with Gasteiger partial charge in [0.2, 0.25) is 5.91 Å². The number of amides is 1. The van der Waals surface area contributed by atoms with E-state index >= 15 is 0 Å². The van der Waals surface area contributed by atoms with Gasteiger partial charge in [0, 0.05) is 24.5 Å². The Kier molecular flexibility index (Phi) is 6.81. The van der Waals surface area contributed by atoms with Crippen LogP contribution >= 0.6 is 0 Å². The first-order valence-electron chi connectivity index (χ1n) is 8.36. The maximum Gasteiger partial charge on any atom is 0.239 e. The number of aryl methyl sites for hydroxylation is 1. The molecule has 0 bridgehead atoms. The van der Waals surface area contributed by atoms with Crippen molar-refractivity contribution in [3.05, 3.63) is 35.4 Å². The Bertz CT molecular complexity index is 585. The van der Waals surface area contributed by atoms with Gasteiger partial charge in [-0.2, -0.15) is 0 Å². The van der Waals surface area contributed by atoms with Gasteiger partial charge in [-0.25, -0.2) is 0 Å². The maximum absolute atomic E-state index is 11.9. The van der Waals surface area contributed by atoms with Gasteiger partial charge < -0.3 is 16.0 Å². The van der Waals surface area contributed by atoms with Crippen LogP contribution in [0.15, 0.2) is 29.3 Å². The Morgan fingerprint density at radius 1 is 1.12 bits per heavy atom. The predicted molar refractivity (Wildman–Crippen MR) is 101 cm³/mol. The van der Waals surface area contributed by atoms with E-state index in [4.69, 9.17) is 0 Å². The molecule has 1 aromatic rings. The minimum absolute atomic E-state index is 0.0443. The van der Waals surface area contributed by atoms with E-state index in [0.717, 1.165) is 6.54 Å². The molecule has 134 valence electrons. The summed E-state index contributed by atoms with van der Waals surface area (Å²) < 4.78 is 0. The van der Waals surface area contributed by atoms with Gasteiger partial charge in [0.15, 0.2) is 5.96 Å². The average molecular weight is 332 g/mol. The number of guanidine groups is 1. The molecule has 0 heterocycles. The first-order valence-corrected chi connectivity index (χ1v) is 8.36. The summed E-state index contributed by atoms with van der Waals surface area (Å²) in [4.78, 5) is 16.1. The molecule has 0 aliphatic heterocycles. The van der Waals surface area contributed by atoms with Gasteiger partial charge in [-0.15, -0.1) is 0 Å². The lowest BCUT2D eigenvalue weighted by Gasteiger charge is -2.27. The molecule has 0 aliphatic rings. The summed E-state index contributed by atoms with van der Waals surface area (Å²) in [5, 5.41) is 9.28. The van der Waals surface area contributed by atoms with E-state index in [2.05, 4.69) is 66.0 Å². The van der Waals surface area contributed by atoms with Gasteiger partial charge in [0.1, 0.15) is 0 Å². The van der Waals surface area contributed by atoms with E-state index in [-0.39, 0.29) is 23.4 Å². The fraction of sp³-hybridized carbons (Fsp3) is 0.579. The second kappa shape index (κ2) is 8.18. The van der Waals surface area contributed by atoms with Gasteiger partial charge in [-0.05, 0) is 33.3 Å². The van der Waals surface area contributed by atoms with Crippen molar-refractivity contribution in [2.45, 2.75) is 52.5 Å². The molecule has 0 fully saturated rings. The average Bonchev–Trinajstić information content (AvgIpc) is 2.45. The monoisotopic (exact) mass is 332 g/mol. The third kappa shape index (κ3) is 7.02. The molecular formula is C19H32N4O.